The summed E-state index contributed by atoms with van der Waals surface area (Å²) in [5, 5.41) is 8.41. The van der Waals surface area contributed by atoms with Crippen LogP contribution in [0.2, 0.25) is 0 Å². The fourth-order valence-corrected chi connectivity index (χ4v) is 3.28. The summed E-state index contributed by atoms with van der Waals surface area (Å²) in [5.41, 5.74) is 2.03. The molecule has 4 rings (SSSR count). The van der Waals surface area contributed by atoms with Gasteiger partial charge in [-0.25, -0.2) is 0 Å². The summed E-state index contributed by atoms with van der Waals surface area (Å²) in [5.74, 6) is 0.548. The molecule has 0 saturated heterocycles. The highest BCUT2D eigenvalue weighted by Gasteiger charge is 2.23. The molecule has 7 nitrogen and oxygen atoms in total. The summed E-state index contributed by atoms with van der Waals surface area (Å²) < 4.78 is 7.44. The first-order valence-corrected chi connectivity index (χ1v) is 8.30. The molecule has 0 unspecified atom stereocenters. The average Bonchev–Trinajstić information content (AvgIpc) is 3.25. The molecule has 1 aliphatic rings. The number of hydrogen-bond acceptors (Lipinski definition) is 5. The number of para-hydroxylation sites is 1. The van der Waals surface area contributed by atoms with Crippen LogP contribution in [0, 0.1) is 0 Å². The second-order valence-electron chi connectivity index (χ2n) is 6.23. The molecule has 0 N–H and O–H groups in total. The van der Waals surface area contributed by atoms with Gasteiger partial charge in [-0.05, 0) is 18.1 Å². The van der Waals surface area contributed by atoms with Crippen LogP contribution in [-0.2, 0) is 25.9 Å². The van der Waals surface area contributed by atoms with Gasteiger partial charge >= 0.3 is 0 Å². The van der Waals surface area contributed by atoms with Gasteiger partial charge in [-0.3, -0.25) is 9.59 Å². The van der Waals surface area contributed by atoms with Crippen LogP contribution in [0.25, 0.3) is 10.9 Å². The van der Waals surface area contributed by atoms with E-state index in [4.69, 9.17) is 4.42 Å². The van der Waals surface area contributed by atoms with E-state index in [1.54, 1.807) is 19.3 Å². The van der Waals surface area contributed by atoms with Crippen molar-refractivity contribution in [2.45, 2.75) is 32.9 Å². The number of nitrogens with zero attached hydrogens (tertiary/aromatic N) is 4. The lowest BCUT2D eigenvalue weighted by Crippen LogP contribution is -2.31. The molecule has 1 amide bonds. The van der Waals surface area contributed by atoms with Crippen molar-refractivity contribution in [2.75, 3.05) is 7.05 Å². The highest BCUT2D eigenvalue weighted by atomic mass is 16.4. The zero-order chi connectivity index (χ0) is 17.6. The van der Waals surface area contributed by atoms with Crippen LogP contribution in [0.1, 0.15) is 34.6 Å². The van der Waals surface area contributed by atoms with Gasteiger partial charge in [-0.15, -0.1) is 10.2 Å². The quantitative estimate of drug-likeness (QED) is 0.724. The van der Waals surface area contributed by atoms with E-state index in [1.165, 1.54) is 4.90 Å². The number of benzene rings is 1. The highest BCUT2D eigenvalue weighted by Crippen LogP contribution is 2.24. The van der Waals surface area contributed by atoms with Gasteiger partial charge in [0, 0.05) is 31.6 Å². The molecule has 1 aliphatic heterocycles. The smallest absolute Gasteiger partial charge is 0.259 e. The SMILES string of the molecule is CCc1nnc(CN(C)C(=O)c2cn3c4c(cccc4c2=O)CC3)o1. The second kappa shape index (κ2) is 5.84. The van der Waals surface area contributed by atoms with E-state index in [9.17, 15) is 9.59 Å². The number of pyridine rings is 1. The van der Waals surface area contributed by atoms with E-state index >= 15 is 0 Å². The van der Waals surface area contributed by atoms with Gasteiger partial charge in [0.25, 0.3) is 5.91 Å². The summed E-state index contributed by atoms with van der Waals surface area (Å²) in [6, 6.07) is 5.68. The van der Waals surface area contributed by atoms with Gasteiger partial charge in [-0.1, -0.05) is 19.1 Å². The number of carbonyl (C=O) groups is 1. The third kappa shape index (κ3) is 2.52. The first kappa shape index (κ1) is 15.6. The van der Waals surface area contributed by atoms with Crippen molar-refractivity contribution < 1.29 is 9.21 Å². The van der Waals surface area contributed by atoms with E-state index in [0.29, 0.717) is 23.6 Å². The molecular formula is C18H18N4O3. The molecule has 0 bridgehead atoms. The van der Waals surface area contributed by atoms with Gasteiger partial charge in [0.2, 0.25) is 17.2 Å². The maximum absolute atomic E-state index is 12.8. The Hall–Kier alpha value is -2.96. The van der Waals surface area contributed by atoms with Gasteiger partial charge in [0.05, 0.1) is 12.1 Å². The Labute approximate surface area is 143 Å². The summed E-state index contributed by atoms with van der Waals surface area (Å²) in [6.07, 6.45) is 3.19. The second-order valence-corrected chi connectivity index (χ2v) is 6.23. The van der Waals surface area contributed by atoms with Crippen LogP contribution >= 0.6 is 0 Å². The third-order valence-electron chi connectivity index (χ3n) is 4.56. The summed E-state index contributed by atoms with van der Waals surface area (Å²) in [7, 11) is 1.63. The van der Waals surface area contributed by atoms with Crippen LogP contribution in [0.3, 0.4) is 0 Å². The number of rotatable bonds is 4. The molecule has 128 valence electrons. The van der Waals surface area contributed by atoms with Crippen molar-refractivity contribution in [2.24, 2.45) is 0 Å². The van der Waals surface area contributed by atoms with Crippen LogP contribution in [-0.4, -0.2) is 32.6 Å². The Morgan fingerprint density at radius 3 is 2.88 bits per heavy atom. The minimum Gasteiger partial charge on any atom is -0.423 e. The Morgan fingerprint density at radius 2 is 2.12 bits per heavy atom. The number of aromatic nitrogens is 3. The lowest BCUT2D eigenvalue weighted by atomic mass is 10.1. The number of aryl methyl sites for hydroxylation is 3. The first-order chi connectivity index (χ1) is 12.1. The van der Waals surface area contributed by atoms with E-state index in [2.05, 4.69) is 10.2 Å². The van der Waals surface area contributed by atoms with Crippen molar-refractivity contribution in [1.82, 2.24) is 19.7 Å². The Bertz CT molecular complexity index is 1030. The molecule has 2 aromatic heterocycles. The molecule has 0 radical (unpaired) electrons. The molecule has 1 aromatic carbocycles. The van der Waals surface area contributed by atoms with Crippen LogP contribution in [0.15, 0.2) is 33.6 Å². The van der Waals surface area contributed by atoms with Crippen molar-refractivity contribution in [3.8, 4) is 0 Å². The Balaban J connectivity index is 1.69. The molecule has 3 heterocycles. The normalized spacial score (nSPS) is 12.7. The lowest BCUT2D eigenvalue weighted by molar-refractivity contribution is 0.0770. The minimum absolute atomic E-state index is 0.170. The molecular weight excluding hydrogens is 320 g/mol. The topological polar surface area (TPSA) is 81.2 Å². The standard InChI is InChI=1S/C18H18N4O3/c1-3-14-19-20-15(25-14)10-21(2)18(24)13-9-22-8-7-11-5-4-6-12(16(11)22)17(13)23/h4-6,9H,3,7-8,10H2,1-2H3. The van der Waals surface area contributed by atoms with Crippen molar-refractivity contribution in [3.63, 3.8) is 0 Å². The van der Waals surface area contributed by atoms with Gasteiger partial charge in [0.1, 0.15) is 5.56 Å². The molecule has 25 heavy (non-hydrogen) atoms. The zero-order valence-electron chi connectivity index (χ0n) is 14.2. The summed E-state index contributed by atoms with van der Waals surface area (Å²) >= 11 is 0. The summed E-state index contributed by atoms with van der Waals surface area (Å²) in [6.45, 7) is 2.87. The minimum atomic E-state index is -0.343. The van der Waals surface area contributed by atoms with Gasteiger partial charge in [0.15, 0.2) is 0 Å². The monoisotopic (exact) mass is 338 g/mol. The van der Waals surface area contributed by atoms with E-state index < -0.39 is 0 Å². The maximum Gasteiger partial charge on any atom is 0.259 e. The Morgan fingerprint density at radius 1 is 1.32 bits per heavy atom. The first-order valence-electron chi connectivity index (χ1n) is 8.30. The van der Waals surface area contributed by atoms with Crippen LogP contribution in [0.5, 0.6) is 0 Å². The third-order valence-corrected chi connectivity index (χ3v) is 4.56. The maximum atomic E-state index is 12.8. The van der Waals surface area contributed by atoms with E-state index in [0.717, 1.165) is 24.0 Å². The molecule has 0 saturated carbocycles. The van der Waals surface area contributed by atoms with E-state index in [-0.39, 0.29) is 23.4 Å². The molecule has 0 atom stereocenters. The molecule has 7 heteroatoms. The number of carbonyl (C=O) groups excluding carboxylic acids is 1. The van der Waals surface area contributed by atoms with Gasteiger partial charge in [-0.2, -0.15) is 0 Å². The van der Waals surface area contributed by atoms with E-state index in [1.807, 2.05) is 23.6 Å². The largest absolute Gasteiger partial charge is 0.423 e. The zero-order valence-corrected chi connectivity index (χ0v) is 14.2. The van der Waals surface area contributed by atoms with Crippen LogP contribution < -0.4 is 5.43 Å². The fraction of sp³-hybridized carbons (Fsp3) is 0.333. The molecule has 3 aromatic rings. The van der Waals surface area contributed by atoms with Crippen molar-refractivity contribution in [1.29, 1.82) is 0 Å². The number of hydrogen-bond donors (Lipinski definition) is 0. The predicted molar refractivity (Wildman–Crippen MR) is 91.4 cm³/mol. The Kier molecular flexibility index (Phi) is 3.63. The average molecular weight is 338 g/mol. The lowest BCUT2D eigenvalue weighted by Gasteiger charge is -2.16. The fourth-order valence-electron chi connectivity index (χ4n) is 3.28. The molecule has 0 aliphatic carbocycles. The van der Waals surface area contributed by atoms with Crippen LogP contribution in [0.4, 0.5) is 0 Å². The van der Waals surface area contributed by atoms with Crippen molar-refractivity contribution in [3.05, 3.63) is 57.5 Å². The van der Waals surface area contributed by atoms with Gasteiger partial charge < -0.3 is 13.9 Å². The van der Waals surface area contributed by atoms with Crippen molar-refractivity contribution >= 4 is 16.8 Å². The number of amides is 1. The molecule has 0 spiro atoms. The predicted octanol–water partition coefficient (Wildman–Crippen LogP) is 1.78. The highest BCUT2D eigenvalue weighted by molar-refractivity contribution is 5.97. The summed E-state index contributed by atoms with van der Waals surface area (Å²) in [4.78, 5) is 27.0. The molecule has 0 fully saturated rings.